The van der Waals surface area contributed by atoms with Crippen molar-refractivity contribution in [2.45, 2.75) is 19.4 Å². The summed E-state index contributed by atoms with van der Waals surface area (Å²) in [5, 5.41) is 4.58. The summed E-state index contributed by atoms with van der Waals surface area (Å²) < 4.78 is 0. The molecule has 22 heavy (non-hydrogen) atoms. The first-order valence-corrected chi connectivity index (χ1v) is 8.09. The largest absolute Gasteiger partial charge is 0.368 e. The van der Waals surface area contributed by atoms with E-state index in [0.717, 1.165) is 42.2 Å². The predicted molar refractivity (Wildman–Crippen MR) is 91.1 cm³/mol. The van der Waals surface area contributed by atoms with Crippen LogP contribution in [0.15, 0.2) is 24.3 Å². The first kappa shape index (κ1) is 15.2. The molecule has 0 amide bonds. The van der Waals surface area contributed by atoms with Crippen LogP contribution in [0.3, 0.4) is 0 Å². The van der Waals surface area contributed by atoms with Crippen LogP contribution >= 0.6 is 0 Å². The molecular formula is C17H25N5. The second-order valence-electron chi connectivity index (χ2n) is 6.22. The van der Waals surface area contributed by atoms with Crippen LogP contribution in [0.25, 0.3) is 10.9 Å². The van der Waals surface area contributed by atoms with Gasteiger partial charge in [0.2, 0.25) is 0 Å². The first-order valence-electron chi connectivity index (χ1n) is 8.09. The monoisotopic (exact) mass is 299 g/mol. The Hall–Kier alpha value is -1.72. The lowest BCUT2D eigenvalue weighted by atomic mass is 10.2. The lowest BCUT2D eigenvalue weighted by Gasteiger charge is -2.16. The normalized spacial score (nSPS) is 15.8. The summed E-state index contributed by atoms with van der Waals surface area (Å²) in [4.78, 5) is 14.1. The van der Waals surface area contributed by atoms with Gasteiger partial charge in [0.05, 0.1) is 12.1 Å². The Morgan fingerprint density at radius 3 is 2.68 bits per heavy atom. The molecule has 1 fully saturated rings. The lowest BCUT2D eigenvalue weighted by molar-refractivity contribution is 0.323. The summed E-state index contributed by atoms with van der Waals surface area (Å²) in [6, 6.07) is 8.25. The molecule has 1 N–H and O–H groups in total. The van der Waals surface area contributed by atoms with Crippen molar-refractivity contribution in [3.8, 4) is 0 Å². The highest BCUT2D eigenvalue weighted by Crippen LogP contribution is 2.21. The highest BCUT2D eigenvalue weighted by atomic mass is 15.2. The first-order chi connectivity index (χ1) is 10.7. The van der Waals surface area contributed by atoms with Crippen LogP contribution in [0.4, 0.5) is 5.82 Å². The van der Waals surface area contributed by atoms with Crippen molar-refractivity contribution in [3.63, 3.8) is 0 Å². The van der Waals surface area contributed by atoms with E-state index in [9.17, 15) is 0 Å². The number of likely N-dealkylation sites (N-methyl/N-ethyl adjacent to an activating group) is 1. The number of nitrogens with zero attached hydrogens (tertiary/aromatic N) is 4. The van der Waals surface area contributed by atoms with Gasteiger partial charge in [-0.25, -0.2) is 9.97 Å². The van der Waals surface area contributed by atoms with E-state index in [4.69, 9.17) is 9.97 Å². The van der Waals surface area contributed by atoms with Crippen molar-refractivity contribution < 1.29 is 0 Å². The van der Waals surface area contributed by atoms with Crippen molar-refractivity contribution in [1.82, 2.24) is 19.8 Å². The van der Waals surface area contributed by atoms with E-state index in [1.54, 1.807) is 0 Å². The zero-order chi connectivity index (χ0) is 15.4. The molecule has 0 spiro atoms. The molecule has 5 nitrogen and oxygen atoms in total. The maximum Gasteiger partial charge on any atom is 0.145 e. The van der Waals surface area contributed by atoms with Gasteiger partial charge in [-0.1, -0.05) is 12.1 Å². The zero-order valence-corrected chi connectivity index (χ0v) is 13.5. The van der Waals surface area contributed by atoms with Crippen molar-refractivity contribution in [2.75, 3.05) is 45.6 Å². The third-order valence-corrected chi connectivity index (χ3v) is 4.06. The molecule has 0 atom stereocenters. The van der Waals surface area contributed by atoms with Gasteiger partial charge in [0.15, 0.2) is 0 Å². The molecule has 0 saturated carbocycles. The number of benzene rings is 1. The molecule has 0 aliphatic carbocycles. The topological polar surface area (TPSA) is 44.3 Å². The summed E-state index contributed by atoms with van der Waals surface area (Å²) >= 11 is 0. The fourth-order valence-corrected chi connectivity index (χ4v) is 2.87. The average Bonchev–Trinajstić information content (AvgIpc) is 3.00. The smallest absolute Gasteiger partial charge is 0.145 e. The molecule has 3 rings (SSSR count). The zero-order valence-electron chi connectivity index (χ0n) is 13.5. The Morgan fingerprint density at radius 1 is 1.14 bits per heavy atom. The van der Waals surface area contributed by atoms with Gasteiger partial charge in [0.1, 0.15) is 11.6 Å². The van der Waals surface area contributed by atoms with E-state index in [1.165, 1.54) is 25.9 Å². The molecule has 118 valence electrons. The van der Waals surface area contributed by atoms with Gasteiger partial charge < -0.3 is 10.2 Å². The number of hydrogen-bond acceptors (Lipinski definition) is 5. The standard InChI is InChI=1S/C17H25N5/c1-21(2)12-9-18-17-14-7-3-4-8-15(14)19-16(20-17)13-22-10-5-6-11-22/h3-4,7-8H,5-6,9-13H2,1-2H3,(H,18,19,20). The third kappa shape index (κ3) is 3.72. The SMILES string of the molecule is CN(C)CCNc1nc(CN2CCCC2)nc2ccccc12. The predicted octanol–water partition coefficient (Wildman–Crippen LogP) is 2.20. The summed E-state index contributed by atoms with van der Waals surface area (Å²) in [7, 11) is 4.16. The average molecular weight is 299 g/mol. The highest BCUT2D eigenvalue weighted by molar-refractivity contribution is 5.88. The highest BCUT2D eigenvalue weighted by Gasteiger charge is 2.15. The van der Waals surface area contributed by atoms with E-state index in [1.807, 2.05) is 12.1 Å². The second-order valence-corrected chi connectivity index (χ2v) is 6.22. The van der Waals surface area contributed by atoms with Crippen molar-refractivity contribution in [2.24, 2.45) is 0 Å². The summed E-state index contributed by atoms with van der Waals surface area (Å²) in [6.45, 7) is 5.06. The quantitative estimate of drug-likeness (QED) is 0.886. The van der Waals surface area contributed by atoms with Gasteiger partial charge in [-0.15, -0.1) is 0 Å². The van der Waals surface area contributed by atoms with E-state index in [0.29, 0.717) is 0 Å². The maximum absolute atomic E-state index is 4.78. The van der Waals surface area contributed by atoms with Gasteiger partial charge in [0, 0.05) is 18.5 Å². The van der Waals surface area contributed by atoms with Gasteiger partial charge in [-0.05, 0) is 52.2 Å². The van der Waals surface area contributed by atoms with Crippen molar-refractivity contribution in [3.05, 3.63) is 30.1 Å². The molecule has 0 bridgehead atoms. The molecule has 1 aromatic heterocycles. The Morgan fingerprint density at radius 2 is 1.91 bits per heavy atom. The summed E-state index contributed by atoms with van der Waals surface area (Å²) in [5.41, 5.74) is 1.03. The number of fused-ring (bicyclic) bond motifs is 1. The Labute approximate surface area is 132 Å². The molecule has 0 unspecified atom stereocenters. The molecule has 1 aromatic carbocycles. The fourth-order valence-electron chi connectivity index (χ4n) is 2.87. The van der Waals surface area contributed by atoms with E-state index in [-0.39, 0.29) is 0 Å². The molecular weight excluding hydrogens is 274 g/mol. The second kappa shape index (κ2) is 7.03. The molecule has 2 heterocycles. The van der Waals surface area contributed by atoms with Gasteiger partial charge in [-0.2, -0.15) is 0 Å². The number of likely N-dealkylation sites (tertiary alicyclic amines) is 1. The van der Waals surface area contributed by atoms with Crippen molar-refractivity contribution >= 4 is 16.7 Å². The Kier molecular flexibility index (Phi) is 4.85. The minimum Gasteiger partial charge on any atom is -0.368 e. The van der Waals surface area contributed by atoms with E-state index < -0.39 is 0 Å². The number of rotatable bonds is 6. The number of aromatic nitrogens is 2. The molecule has 2 aromatic rings. The van der Waals surface area contributed by atoms with Crippen LogP contribution in [0.5, 0.6) is 0 Å². The van der Waals surface area contributed by atoms with Crippen LogP contribution < -0.4 is 5.32 Å². The van der Waals surface area contributed by atoms with Crippen LogP contribution in [0, 0.1) is 0 Å². The maximum atomic E-state index is 4.78. The Balaban J connectivity index is 1.83. The number of para-hydroxylation sites is 1. The fraction of sp³-hybridized carbons (Fsp3) is 0.529. The van der Waals surface area contributed by atoms with Crippen molar-refractivity contribution in [1.29, 1.82) is 0 Å². The Bertz CT molecular complexity index is 619. The van der Waals surface area contributed by atoms with Crippen LogP contribution in [-0.2, 0) is 6.54 Å². The number of anilines is 1. The minimum absolute atomic E-state index is 0.854. The minimum atomic E-state index is 0.854. The van der Waals surface area contributed by atoms with Crippen LogP contribution in [0.2, 0.25) is 0 Å². The van der Waals surface area contributed by atoms with Crippen LogP contribution in [0.1, 0.15) is 18.7 Å². The van der Waals surface area contributed by atoms with Gasteiger partial charge in [-0.3, -0.25) is 4.90 Å². The molecule has 1 aliphatic heterocycles. The summed E-state index contributed by atoms with van der Waals surface area (Å²) in [6.07, 6.45) is 2.59. The third-order valence-electron chi connectivity index (χ3n) is 4.06. The van der Waals surface area contributed by atoms with E-state index in [2.05, 4.69) is 41.3 Å². The lowest BCUT2D eigenvalue weighted by Crippen LogP contribution is -2.23. The van der Waals surface area contributed by atoms with Gasteiger partial charge in [0.25, 0.3) is 0 Å². The van der Waals surface area contributed by atoms with E-state index >= 15 is 0 Å². The molecule has 1 aliphatic rings. The molecule has 1 saturated heterocycles. The summed E-state index contributed by atoms with van der Waals surface area (Å²) in [5.74, 6) is 1.88. The van der Waals surface area contributed by atoms with Gasteiger partial charge >= 0.3 is 0 Å². The van der Waals surface area contributed by atoms with Crippen LogP contribution in [-0.4, -0.2) is 60.0 Å². The number of hydrogen-bond donors (Lipinski definition) is 1. The molecule has 0 radical (unpaired) electrons. The number of nitrogens with one attached hydrogen (secondary N) is 1. The molecule has 5 heteroatoms.